The molecule has 4 nitrogen and oxygen atoms in total. The number of hydrogen-bond donors (Lipinski definition) is 1. The van der Waals surface area contributed by atoms with E-state index < -0.39 is 0 Å². The first-order valence-corrected chi connectivity index (χ1v) is 6.64. The Kier molecular flexibility index (Phi) is 2.01. The lowest BCUT2D eigenvalue weighted by Crippen LogP contribution is -2.50. The van der Waals surface area contributed by atoms with Gasteiger partial charge in [-0.05, 0) is 24.6 Å². The smallest absolute Gasteiger partial charge is 0.246 e. The summed E-state index contributed by atoms with van der Waals surface area (Å²) in [5, 5.41) is 3.48. The van der Waals surface area contributed by atoms with Gasteiger partial charge in [0.2, 0.25) is 5.91 Å². The number of anilines is 2. The second-order valence-electron chi connectivity index (χ2n) is 5.46. The molecule has 3 heterocycles. The molecular weight excluding hydrogens is 226 g/mol. The van der Waals surface area contributed by atoms with Crippen molar-refractivity contribution in [3.05, 3.63) is 23.8 Å². The summed E-state index contributed by atoms with van der Waals surface area (Å²) in [6, 6.07) is 6.89. The summed E-state index contributed by atoms with van der Waals surface area (Å²) in [6.07, 6.45) is 1.13. The molecular formula is C14H17N3O. The highest BCUT2D eigenvalue weighted by Gasteiger charge is 2.44. The molecule has 0 bridgehead atoms. The summed E-state index contributed by atoms with van der Waals surface area (Å²) < 4.78 is 0. The lowest BCUT2D eigenvalue weighted by Gasteiger charge is -2.38. The Hall–Kier alpha value is -1.55. The van der Waals surface area contributed by atoms with E-state index in [2.05, 4.69) is 28.4 Å². The Bertz CT molecular complexity index is 528. The molecule has 18 heavy (non-hydrogen) atoms. The first-order chi connectivity index (χ1) is 8.77. The van der Waals surface area contributed by atoms with Crippen LogP contribution in [0.1, 0.15) is 17.9 Å². The largest absolute Gasteiger partial charge is 0.357 e. The van der Waals surface area contributed by atoms with Crippen LogP contribution in [0.2, 0.25) is 0 Å². The number of carbonyl (C=O) groups excluding carboxylic acids is 1. The Morgan fingerprint density at radius 1 is 1.39 bits per heavy atom. The lowest BCUT2D eigenvalue weighted by atomic mass is 9.90. The van der Waals surface area contributed by atoms with Crippen molar-refractivity contribution in [2.75, 3.05) is 36.5 Å². The van der Waals surface area contributed by atoms with Crippen LogP contribution in [-0.4, -0.2) is 38.6 Å². The van der Waals surface area contributed by atoms with E-state index in [1.807, 2.05) is 7.05 Å². The third-order valence-electron chi connectivity index (χ3n) is 4.62. The first-order valence-electron chi connectivity index (χ1n) is 6.64. The van der Waals surface area contributed by atoms with Crippen LogP contribution in [0.15, 0.2) is 18.2 Å². The maximum absolute atomic E-state index is 12.1. The quantitative estimate of drug-likeness (QED) is 0.736. The van der Waals surface area contributed by atoms with Crippen LogP contribution in [0.5, 0.6) is 0 Å². The Labute approximate surface area is 107 Å². The molecule has 3 aliphatic heterocycles. The maximum atomic E-state index is 12.1. The van der Waals surface area contributed by atoms with Crippen molar-refractivity contribution in [3.8, 4) is 0 Å². The van der Waals surface area contributed by atoms with Gasteiger partial charge in [-0.25, -0.2) is 0 Å². The van der Waals surface area contributed by atoms with E-state index in [0.29, 0.717) is 18.5 Å². The molecule has 4 rings (SSSR count). The van der Waals surface area contributed by atoms with Crippen LogP contribution in [0, 0.1) is 0 Å². The van der Waals surface area contributed by atoms with E-state index in [1.165, 1.54) is 11.3 Å². The fraction of sp³-hybridized carbons (Fsp3) is 0.500. The summed E-state index contributed by atoms with van der Waals surface area (Å²) in [6.45, 7) is 2.64. The summed E-state index contributed by atoms with van der Waals surface area (Å²) in [5.74, 6) is 0.756. The van der Waals surface area contributed by atoms with Gasteiger partial charge in [-0.2, -0.15) is 0 Å². The van der Waals surface area contributed by atoms with E-state index >= 15 is 0 Å². The molecule has 1 aromatic rings. The average Bonchev–Trinajstić information content (AvgIpc) is 2.72. The molecule has 1 saturated heterocycles. The van der Waals surface area contributed by atoms with Gasteiger partial charge < -0.3 is 15.1 Å². The van der Waals surface area contributed by atoms with Gasteiger partial charge in [0.05, 0.1) is 17.9 Å². The number of piperidine rings is 1. The minimum absolute atomic E-state index is 0.207. The molecule has 0 saturated carbocycles. The minimum Gasteiger partial charge on any atom is -0.357 e. The predicted octanol–water partition coefficient (Wildman–Crippen LogP) is 0.928. The van der Waals surface area contributed by atoms with Crippen LogP contribution in [-0.2, 0) is 4.79 Å². The zero-order valence-corrected chi connectivity index (χ0v) is 10.5. The molecule has 3 aliphatic rings. The number of rotatable bonds is 0. The number of nitrogens with one attached hydrogen (secondary N) is 1. The van der Waals surface area contributed by atoms with E-state index in [4.69, 9.17) is 0 Å². The minimum atomic E-state index is 0.207. The Morgan fingerprint density at radius 2 is 2.28 bits per heavy atom. The molecule has 0 aliphatic carbocycles. The molecule has 2 atom stereocenters. The van der Waals surface area contributed by atoms with Crippen LogP contribution in [0.25, 0.3) is 0 Å². The molecule has 0 spiro atoms. The highest BCUT2D eigenvalue weighted by Crippen LogP contribution is 2.49. The van der Waals surface area contributed by atoms with Gasteiger partial charge in [0.15, 0.2) is 0 Å². The third-order valence-corrected chi connectivity index (χ3v) is 4.62. The number of fused-ring (bicyclic) bond motifs is 3. The van der Waals surface area contributed by atoms with Crippen molar-refractivity contribution in [2.45, 2.75) is 18.4 Å². The molecule has 1 fully saturated rings. The Balaban J connectivity index is 1.91. The Morgan fingerprint density at radius 3 is 3.17 bits per heavy atom. The highest BCUT2D eigenvalue weighted by atomic mass is 16.2. The van der Waals surface area contributed by atoms with Gasteiger partial charge in [0, 0.05) is 25.6 Å². The number of benzene rings is 1. The zero-order valence-electron chi connectivity index (χ0n) is 10.5. The van der Waals surface area contributed by atoms with Crippen molar-refractivity contribution in [3.63, 3.8) is 0 Å². The van der Waals surface area contributed by atoms with Gasteiger partial charge >= 0.3 is 0 Å². The second-order valence-corrected chi connectivity index (χ2v) is 5.46. The molecule has 1 N–H and O–H groups in total. The zero-order chi connectivity index (χ0) is 12.3. The average molecular weight is 243 g/mol. The molecule has 1 aromatic carbocycles. The van der Waals surface area contributed by atoms with E-state index in [-0.39, 0.29) is 5.91 Å². The highest BCUT2D eigenvalue weighted by molar-refractivity contribution is 6.04. The fourth-order valence-electron chi connectivity index (χ4n) is 3.71. The van der Waals surface area contributed by atoms with Crippen molar-refractivity contribution in [2.24, 2.45) is 0 Å². The van der Waals surface area contributed by atoms with Crippen molar-refractivity contribution in [1.82, 2.24) is 5.32 Å². The predicted molar refractivity (Wildman–Crippen MR) is 71.2 cm³/mol. The van der Waals surface area contributed by atoms with Crippen molar-refractivity contribution < 1.29 is 4.79 Å². The van der Waals surface area contributed by atoms with Gasteiger partial charge in [-0.1, -0.05) is 12.1 Å². The van der Waals surface area contributed by atoms with E-state index in [1.54, 1.807) is 4.90 Å². The molecule has 4 heteroatoms. The monoisotopic (exact) mass is 243 g/mol. The number of amides is 1. The van der Waals surface area contributed by atoms with E-state index in [0.717, 1.165) is 25.2 Å². The van der Waals surface area contributed by atoms with Gasteiger partial charge in [0.1, 0.15) is 0 Å². The van der Waals surface area contributed by atoms with Crippen LogP contribution in [0.3, 0.4) is 0 Å². The summed E-state index contributed by atoms with van der Waals surface area (Å²) in [4.78, 5) is 16.2. The topological polar surface area (TPSA) is 35.6 Å². The van der Waals surface area contributed by atoms with Gasteiger partial charge in [0.25, 0.3) is 0 Å². The number of carbonyl (C=O) groups is 1. The molecule has 94 valence electrons. The molecule has 0 aromatic heterocycles. The molecule has 1 amide bonds. The summed E-state index contributed by atoms with van der Waals surface area (Å²) in [7, 11) is 1.88. The molecule has 0 radical (unpaired) electrons. The van der Waals surface area contributed by atoms with Crippen molar-refractivity contribution >= 4 is 17.3 Å². The summed E-state index contributed by atoms with van der Waals surface area (Å²) >= 11 is 0. The third kappa shape index (κ3) is 1.16. The normalized spacial score (nSPS) is 29.3. The lowest BCUT2D eigenvalue weighted by molar-refractivity contribution is -0.117. The number of para-hydroxylation sites is 1. The fourth-order valence-corrected chi connectivity index (χ4v) is 3.71. The van der Waals surface area contributed by atoms with Crippen molar-refractivity contribution in [1.29, 1.82) is 0 Å². The maximum Gasteiger partial charge on any atom is 0.246 e. The number of hydrogen-bond acceptors (Lipinski definition) is 3. The molecule has 1 unspecified atom stereocenters. The van der Waals surface area contributed by atoms with Crippen LogP contribution >= 0.6 is 0 Å². The second kappa shape index (κ2) is 3.48. The number of nitrogens with zero attached hydrogens (tertiary/aromatic N) is 2. The SMILES string of the molecule is CN1C(=O)CN2c3c(cccc31)C1CNCC[C@@H]12. The van der Waals surface area contributed by atoms with Gasteiger partial charge in [-0.15, -0.1) is 0 Å². The standard InChI is InChI=1S/C14H17N3O/c1-16-12-4-2-3-9-10-7-15-6-5-11(10)17(14(9)12)8-13(16)18/h2-4,10-11,15H,5-8H2,1H3/t10?,11-/m0/s1. The van der Waals surface area contributed by atoms with Crippen LogP contribution in [0.4, 0.5) is 11.4 Å². The van der Waals surface area contributed by atoms with E-state index in [9.17, 15) is 4.79 Å². The number of likely N-dealkylation sites (N-methyl/N-ethyl adjacent to an activating group) is 1. The van der Waals surface area contributed by atoms with Gasteiger partial charge in [-0.3, -0.25) is 4.79 Å². The summed E-state index contributed by atoms with van der Waals surface area (Å²) in [5.41, 5.74) is 3.81. The van der Waals surface area contributed by atoms with Crippen LogP contribution < -0.4 is 15.1 Å². The first kappa shape index (κ1) is 10.4.